The Hall–Kier alpha value is -1.63. The van der Waals surface area contributed by atoms with Crippen molar-refractivity contribution in [1.29, 1.82) is 0 Å². The fourth-order valence-corrected chi connectivity index (χ4v) is 3.50. The molecule has 0 unspecified atom stereocenters. The van der Waals surface area contributed by atoms with E-state index in [4.69, 9.17) is 9.47 Å². The van der Waals surface area contributed by atoms with Crippen LogP contribution < -0.4 is 10.6 Å². The largest absolute Gasteiger partial charge is 0.468 e. The van der Waals surface area contributed by atoms with Crippen LogP contribution in [0.4, 0.5) is 4.79 Å². The highest BCUT2D eigenvalue weighted by Crippen LogP contribution is 2.26. The Morgan fingerprint density at radius 2 is 1.82 bits per heavy atom. The highest BCUT2D eigenvalue weighted by molar-refractivity contribution is 5.84. The predicted molar refractivity (Wildman–Crippen MR) is 108 cm³/mol. The van der Waals surface area contributed by atoms with Crippen molar-refractivity contribution in [2.75, 3.05) is 13.7 Å². The first kappa shape index (κ1) is 24.4. The summed E-state index contributed by atoms with van der Waals surface area (Å²) in [4.78, 5) is 36.4. The summed E-state index contributed by atoms with van der Waals surface area (Å²) >= 11 is 0. The number of esters is 1. The molecule has 0 heterocycles. The number of nitrogens with one attached hydrogen (secondary N) is 2. The molecule has 1 fully saturated rings. The number of hydrogen-bond acceptors (Lipinski definition) is 6. The molecule has 1 aliphatic rings. The van der Waals surface area contributed by atoms with Crippen molar-refractivity contribution in [3.05, 3.63) is 0 Å². The van der Waals surface area contributed by atoms with E-state index in [1.54, 1.807) is 0 Å². The summed E-state index contributed by atoms with van der Waals surface area (Å²) in [6, 6.07) is -0.791. The van der Waals surface area contributed by atoms with Crippen molar-refractivity contribution in [2.24, 2.45) is 11.3 Å². The zero-order valence-corrected chi connectivity index (χ0v) is 18.5. The molecule has 0 bridgehead atoms. The van der Waals surface area contributed by atoms with Gasteiger partial charge in [-0.15, -0.1) is 0 Å². The lowest BCUT2D eigenvalue weighted by molar-refractivity contribution is -0.143. The Morgan fingerprint density at radius 3 is 2.29 bits per heavy atom. The van der Waals surface area contributed by atoms with Gasteiger partial charge in [0.05, 0.1) is 7.11 Å². The maximum absolute atomic E-state index is 12.2. The molecule has 1 rings (SSSR count). The lowest BCUT2D eigenvalue weighted by Crippen LogP contribution is -2.50. The van der Waals surface area contributed by atoms with Crippen molar-refractivity contribution in [2.45, 2.75) is 91.3 Å². The van der Waals surface area contributed by atoms with Gasteiger partial charge in [0, 0.05) is 24.9 Å². The minimum absolute atomic E-state index is 0.0243. The van der Waals surface area contributed by atoms with Gasteiger partial charge >= 0.3 is 12.1 Å². The van der Waals surface area contributed by atoms with Crippen molar-refractivity contribution in [1.82, 2.24) is 10.6 Å². The first-order valence-corrected chi connectivity index (χ1v) is 10.1. The summed E-state index contributed by atoms with van der Waals surface area (Å²) in [5.74, 6) is -0.267. The van der Waals surface area contributed by atoms with Gasteiger partial charge in [-0.3, -0.25) is 9.59 Å². The first-order valence-electron chi connectivity index (χ1n) is 10.1. The number of carbonyl (C=O) groups excluding carboxylic acids is 3. The minimum Gasteiger partial charge on any atom is -0.468 e. The standard InChI is InChI=1S/C21H38N2O5/c1-20(2,3)12-15(23-19(26)28-21(4,5)6)13-22-16(18(25)27-7)11-14-9-8-10-17(14)24/h14-16,22H,8-13H2,1-7H3,(H,23,26)/t14-,15-,16-/m0/s1. The molecule has 0 radical (unpaired) electrons. The van der Waals surface area contributed by atoms with E-state index < -0.39 is 17.7 Å². The monoisotopic (exact) mass is 398 g/mol. The Morgan fingerprint density at radius 1 is 1.18 bits per heavy atom. The van der Waals surface area contributed by atoms with Crippen molar-refractivity contribution in [3.63, 3.8) is 0 Å². The summed E-state index contributed by atoms with van der Waals surface area (Å²) in [5, 5.41) is 6.11. The minimum atomic E-state index is -0.582. The second-order valence-electron chi connectivity index (χ2n) is 9.88. The smallest absolute Gasteiger partial charge is 0.407 e. The molecule has 7 heteroatoms. The summed E-state index contributed by atoms with van der Waals surface area (Å²) in [6.07, 6.45) is 2.94. The number of Topliss-reactive ketones (excluding diaryl/α,β-unsaturated/α-hetero) is 1. The van der Waals surface area contributed by atoms with Gasteiger partial charge in [-0.2, -0.15) is 0 Å². The fourth-order valence-electron chi connectivity index (χ4n) is 3.50. The van der Waals surface area contributed by atoms with Crippen LogP contribution in [0, 0.1) is 11.3 Å². The predicted octanol–water partition coefficient (Wildman–Crippen LogP) is 3.21. The normalized spacial score (nSPS) is 19.8. The number of alkyl carbamates (subject to hydrolysis) is 1. The average Bonchev–Trinajstić information content (AvgIpc) is 2.91. The Kier molecular flexibility index (Phi) is 8.92. The van der Waals surface area contributed by atoms with Crippen LogP contribution in [0.3, 0.4) is 0 Å². The third-order valence-electron chi connectivity index (χ3n) is 4.63. The second-order valence-corrected chi connectivity index (χ2v) is 9.88. The lowest BCUT2D eigenvalue weighted by atomic mass is 9.88. The average molecular weight is 399 g/mol. The Balaban J connectivity index is 2.75. The zero-order valence-electron chi connectivity index (χ0n) is 18.5. The molecule has 1 aliphatic carbocycles. The molecule has 0 aromatic rings. The molecule has 0 aromatic heterocycles. The summed E-state index contributed by atoms with van der Waals surface area (Å²) in [5.41, 5.74) is -0.606. The van der Waals surface area contributed by atoms with Gasteiger partial charge in [0.1, 0.15) is 17.4 Å². The Labute approximate surface area is 169 Å². The summed E-state index contributed by atoms with van der Waals surface area (Å²) in [6.45, 7) is 12.1. The molecule has 7 nitrogen and oxygen atoms in total. The molecule has 0 aliphatic heterocycles. The van der Waals surface area contributed by atoms with Crippen LogP contribution in [-0.2, 0) is 19.1 Å². The molecule has 0 spiro atoms. The van der Waals surface area contributed by atoms with Crippen LogP contribution in [0.25, 0.3) is 0 Å². The van der Waals surface area contributed by atoms with E-state index in [-0.39, 0.29) is 29.1 Å². The van der Waals surface area contributed by atoms with Crippen molar-refractivity contribution >= 4 is 17.8 Å². The molecule has 2 N–H and O–H groups in total. The van der Waals surface area contributed by atoms with Crippen LogP contribution in [-0.4, -0.2) is 49.2 Å². The first-order chi connectivity index (χ1) is 12.8. The van der Waals surface area contributed by atoms with Gasteiger partial charge in [-0.05, 0) is 51.9 Å². The second kappa shape index (κ2) is 10.2. The number of hydrogen-bond donors (Lipinski definition) is 2. The highest BCUT2D eigenvalue weighted by Gasteiger charge is 2.32. The number of rotatable bonds is 8. The van der Waals surface area contributed by atoms with Gasteiger partial charge in [0.2, 0.25) is 0 Å². The molecular formula is C21H38N2O5. The van der Waals surface area contributed by atoms with E-state index in [9.17, 15) is 14.4 Å². The maximum atomic E-state index is 12.2. The number of carbonyl (C=O) groups is 3. The van der Waals surface area contributed by atoms with Crippen LogP contribution >= 0.6 is 0 Å². The van der Waals surface area contributed by atoms with Crippen molar-refractivity contribution in [3.8, 4) is 0 Å². The van der Waals surface area contributed by atoms with Gasteiger partial charge in [-0.1, -0.05) is 20.8 Å². The molecular weight excluding hydrogens is 360 g/mol. The molecule has 162 valence electrons. The fraction of sp³-hybridized carbons (Fsp3) is 0.857. The SMILES string of the molecule is COC(=O)[C@H](C[C@@H]1CCCC1=O)NC[C@H](CC(C)(C)C)NC(=O)OC(C)(C)C. The van der Waals surface area contributed by atoms with E-state index in [0.29, 0.717) is 25.8 Å². The van der Waals surface area contributed by atoms with Crippen LogP contribution in [0.2, 0.25) is 0 Å². The van der Waals surface area contributed by atoms with Gasteiger partial charge in [0.25, 0.3) is 0 Å². The summed E-state index contributed by atoms with van der Waals surface area (Å²) < 4.78 is 10.3. The van der Waals surface area contributed by atoms with E-state index in [1.165, 1.54) is 7.11 Å². The van der Waals surface area contributed by atoms with E-state index in [1.807, 2.05) is 20.8 Å². The van der Waals surface area contributed by atoms with Crippen molar-refractivity contribution < 1.29 is 23.9 Å². The topological polar surface area (TPSA) is 93.7 Å². The maximum Gasteiger partial charge on any atom is 0.407 e. The quantitative estimate of drug-likeness (QED) is 0.610. The van der Waals surface area contributed by atoms with E-state index >= 15 is 0 Å². The van der Waals surface area contributed by atoms with E-state index in [0.717, 1.165) is 12.8 Å². The molecule has 3 atom stereocenters. The number of methoxy groups -OCH3 is 1. The number of ether oxygens (including phenoxy) is 2. The third kappa shape index (κ3) is 9.53. The molecule has 0 saturated heterocycles. The third-order valence-corrected chi connectivity index (χ3v) is 4.63. The van der Waals surface area contributed by atoms with Gasteiger partial charge in [-0.25, -0.2) is 4.79 Å². The van der Waals surface area contributed by atoms with Gasteiger partial charge < -0.3 is 20.1 Å². The molecule has 28 heavy (non-hydrogen) atoms. The van der Waals surface area contributed by atoms with E-state index in [2.05, 4.69) is 31.4 Å². The zero-order chi connectivity index (χ0) is 21.5. The number of amides is 1. The van der Waals surface area contributed by atoms with Gasteiger partial charge in [0.15, 0.2) is 0 Å². The lowest BCUT2D eigenvalue weighted by Gasteiger charge is -2.30. The molecule has 0 aromatic carbocycles. The molecule has 1 saturated carbocycles. The van der Waals surface area contributed by atoms with Crippen LogP contribution in [0.1, 0.15) is 73.6 Å². The van der Waals surface area contributed by atoms with Crippen LogP contribution in [0.15, 0.2) is 0 Å². The molecule has 1 amide bonds. The Bertz CT molecular complexity index is 548. The number of ketones is 1. The van der Waals surface area contributed by atoms with Crippen LogP contribution in [0.5, 0.6) is 0 Å². The summed E-state index contributed by atoms with van der Waals surface area (Å²) in [7, 11) is 1.35. The highest BCUT2D eigenvalue weighted by atomic mass is 16.6.